The van der Waals surface area contributed by atoms with E-state index in [4.69, 9.17) is 4.74 Å². The molecule has 1 N–H and O–H groups in total. The molecular weight excluding hydrogens is 336 g/mol. The Morgan fingerprint density at radius 1 is 1.00 bits per heavy atom. The summed E-state index contributed by atoms with van der Waals surface area (Å²) in [6, 6.07) is 6.68. The van der Waals surface area contributed by atoms with Crippen LogP contribution in [0.1, 0.15) is 36.0 Å². The average Bonchev–Trinajstić information content (AvgIpc) is 2.68. The number of carbonyl (C=O) groups is 3. The van der Waals surface area contributed by atoms with Gasteiger partial charge in [0.25, 0.3) is 5.91 Å². The minimum absolute atomic E-state index is 0.0597. The van der Waals surface area contributed by atoms with Crippen LogP contribution in [0, 0.1) is 11.8 Å². The molecule has 1 saturated heterocycles. The van der Waals surface area contributed by atoms with Gasteiger partial charge in [0, 0.05) is 42.1 Å². The van der Waals surface area contributed by atoms with Crippen LogP contribution in [-0.2, 0) is 14.3 Å². The highest BCUT2D eigenvalue weighted by Gasteiger charge is 2.31. The molecule has 3 rings (SSSR count). The number of ether oxygens (including phenoxy) is 1. The fraction of sp³-hybridized carbons (Fsp3) is 0.526. The Balaban J connectivity index is 1.62. The Morgan fingerprint density at radius 2 is 1.62 bits per heavy atom. The number of aliphatic carboxylic acids is 1. The highest BCUT2D eigenvalue weighted by molar-refractivity contribution is 5.97. The minimum atomic E-state index is -1.16. The highest BCUT2D eigenvalue weighted by Crippen LogP contribution is 2.30. The first kappa shape index (κ1) is 18.4. The standard InChI is InChI=1S/C19H24N2O5/c22-17(15-3-1-2-4-16(15)19(24)25)20-14-7-5-13(6-8-14)18(23)21-9-11-26-12-10-21/h5-8,15-16H,1-4,9-12H2,(H,20,22)(H,24,25)/p-1/t15-,16-/m0/s1. The van der Waals surface area contributed by atoms with Gasteiger partial charge in [-0.25, -0.2) is 0 Å². The molecule has 0 radical (unpaired) electrons. The molecule has 0 unspecified atom stereocenters. The number of anilines is 1. The molecule has 2 aliphatic rings. The SMILES string of the molecule is O=C([O-])[C@H]1CCCC[C@@H]1C(=O)Nc1ccc(C(=O)N2CCOCC2)cc1. The van der Waals surface area contributed by atoms with Crippen LogP contribution in [0.3, 0.4) is 0 Å². The van der Waals surface area contributed by atoms with Gasteiger partial charge in [-0.15, -0.1) is 0 Å². The van der Waals surface area contributed by atoms with E-state index in [-0.39, 0.29) is 11.8 Å². The van der Waals surface area contributed by atoms with E-state index in [0.29, 0.717) is 50.4 Å². The number of carboxylic acids is 1. The van der Waals surface area contributed by atoms with Crippen molar-refractivity contribution < 1.29 is 24.2 Å². The molecule has 26 heavy (non-hydrogen) atoms. The van der Waals surface area contributed by atoms with Crippen molar-refractivity contribution in [3.63, 3.8) is 0 Å². The van der Waals surface area contributed by atoms with Crippen LogP contribution in [0.2, 0.25) is 0 Å². The first-order chi connectivity index (χ1) is 12.6. The number of hydrogen-bond donors (Lipinski definition) is 1. The number of carbonyl (C=O) groups excluding carboxylic acids is 3. The van der Waals surface area contributed by atoms with Gasteiger partial charge in [0.05, 0.1) is 13.2 Å². The first-order valence-electron chi connectivity index (χ1n) is 9.05. The zero-order valence-corrected chi connectivity index (χ0v) is 14.6. The molecule has 1 aromatic carbocycles. The summed E-state index contributed by atoms with van der Waals surface area (Å²) < 4.78 is 5.24. The van der Waals surface area contributed by atoms with Crippen LogP contribution in [0.5, 0.6) is 0 Å². The second kappa shape index (κ2) is 8.31. The highest BCUT2D eigenvalue weighted by atomic mass is 16.5. The number of morpholine rings is 1. The van der Waals surface area contributed by atoms with Crippen molar-refractivity contribution in [1.82, 2.24) is 4.90 Å². The number of benzene rings is 1. The molecule has 0 bridgehead atoms. The second-order valence-electron chi connectivity index (χ2n) is 6.79. The van der Waals surface area contributed by atoms with Crippen LogP contribution < -0.4 is 10.4 Å². The number of nitrogens with one attached hydrogen (secondary N) is 1. The van der Waals surface area contributed by atoms with E-state index in [2.05, 4.69) is 5.32 Å². The summed E-state index contributed by atoms with van der Waals surface area (Å²) in [6.07, 6.45) is 2.68. The van der Waals surface area contributed by atoms with Gasteiger partial charge in [-0.2, -0.15) is 0 Å². The van der Waals surface area contributed by atoms with Crippen LogP contribution in [-0.4, -0.2) is 49.0 Å². The van der Waals surface area contributed by atoms with Crippen molar-refractivity contribution >= 4 is 23.5 Å². The van der Waals surface area contributed by atoms with Crippen molar-refractivity contribution in [2.45, 2.75) is 25.7 Å². The van der Waals surface area contributed by atoms with Crippen LogP contribution >= 0.6 is 0 Å². The van der Waals surface area contributed by atoms with E-state index in [1.807, 2.05) is 0 Å². The minimum Gasteiger partial charge on any atom is -0.550 e. The molecule has 140 valence electrons. The van der Waals surface area contributed by atoms with Crippen molar-refractivity contribution in [1.29, 1.82) is 0 Å². The third kappa shape index (κ3) is 4.22. The number of carboxylic acid groups (broad SMARTS) is 1. The lowest BCUT2D eigenvalue weighted by Gasteiger charge is -2.31. The summed E-state index contributed by atoms with van der Waals surface area (Å²) in [4.78, 5) is 37.9. The van der Waals surface area contributed by atoms with Crippen LogP contribution in [0.4, 0.5) is 5.69 Å². The summed E-state index contributed by atoms with van der Waals surface area (Å²) >= 11 is 0. The van der Waals surface area contributed by atoms with Gasteiger partial charge in [-0.1, -0.05) is 12.8 Å². The molecule has 2 atom stereocenters. The topological polar surface area (TPSA) is 98.8 Å². The van der Waals surface area contributed by atoms with Crippen molar-refractivity contribution in [2.24, 2.45) is 11.8 Å². The zero-order valence-electron chi connectivity index (χ0n) is 14.6. The van der Waals surface area contributed by atoms with Gasteiger partial charge in [0.15, 0.2) is 0 Å². The third-order valence-corrected chi connectivity index (χ3v) is 5.10. The molecule has 1 heterocycles. The summed E-state index contributed by atoms with van der Waals surface area (Å²) in [6.45, 7) is 2.23. The molecular formula is C19H23N2O5-. The van der Waals surface area contributed by atoms with Gasteiger partial charge in [0.2, 0.25) is 5.91 Å². The smallest absolute Gasteiger partial charge is 0.254 e. The predicted octanol–water partition coefficient (Wildman–Crippen LogP) is 0.654. The lowest BCUT2D eigenvalue weighted by atomic mass is 9.78. The number of hydrogen-bond acceptors (Lipinski definition) is 5. The van der Waals surface area contributed by atoms with E-state index < -0.39 is 17.8 Å². The summed E-state index contributed by atoms with van der Waals surface area (Å²) in [5.74, 6) is -2.81. The number of nitrogens with zero attached hydrogens (tertiary/aromatic N) is 1. The molecule has 7 nitrogen and oxygen atoms in total. The Morgan fingerprint density at radius 3 is 2.23 bits per heavy atom. The van der Waals surface area contributed by atoms with Crippen molar-refractivity contribution in [3.05, 3.63) is 29.8 Å². The second-order valence-corrected chi connectivity index (χ2v) is 6.79. The molecule has 1 aromatic rings. The average molecular weight is 359 g/mol. The molecule has 7 heteroatoms. The van der Waals surface area contributed by atoms with Gasteiger partial charge in [-0.05, 0) is 37.1 Å². The van der Waals surface area contributed by atoms with Gasteiger partial charge in [-0.3, -0.25) is 9.59 Å². The van der Waals surface area contributed by atoms with E-state index in [1.54, 1.807) is 29.2 Å². The predicted molar refractivity (Wildman–Crippen MR) is 92.2 cm³/mol. The Bertz CT molecular complexity index is 667. The monoisotopic (exact) mass is 359 g/mol. The molecule has 2 amide bonds. The van der Waals surface area contributed by atoms with Crippen LogP contribution in [0.25, 0.3) is 0 Å². The molecule has 1 aliphatic carbocycles. The lowest BCUT2D eigenvalue weighted by molar-refractivity contribution is -0.313. The van der Waals surface area contributed by atoms with Crippen molar-refractivity contribution in [2.75, 3.05) is 31.6 Å². The molecule has 2 fully saturated rings. The largest absolute Gasteiger partial charge is 0.550 e. The molecule has 1 aliphatic heterocycles. The zero-order chi connectivity index (χ0) is 18.5. The molecule has 0 aromatic heterocycles. The third-order valence-electron chi connectivity index (χ3n) is 5.10. The Labute approximate surface area is 152 Å². The maximum Gasteiger partial charge on any atom is 0.254 e. The van der Waals surface area contributed by atoms with Crippen LogP contribution in [0.15, 0.2) is 24.3 Å². The molecule has 0 spiro atoms. The maximum atomic E-state index is 12.5. The van der Waals surface area contributed by atoms with Gasteiger partial charge >= 0.3 is 0 Å². The Hall–Kier alpha value is -2.41. The maximum absolute atomic E-state index is 12.5. The first-order valence-corrected chi connectivity index (χ1v) is 9.05. The number of amides is 2. The van der Waals surface area contributed by atoms with E-state index in [9.17, 15) is 19.5 Å². The van der Waals surface area contributed by atoms with E-state index in [0.717, 1.165) is 12.8 Å². The summed E-state index contributed by atoms with van der Waals surface area (Å²) in [5, 5.41) is 14.0. The normalized spacial score (nSPS) is 23.3. The lowest BCUT2D eigenvalue weighted by Crippen LogP contribution is -2.42. The Kier molecular flexibility index (Phi) is 5.88. The number of rotatable bonds is 4. The van der Waals surface area contributed by atoms with E-state index >= 15 is 0 Å². The fourth-order valence-corrected chi connectivity index (χ4v) is 3.61. The van der Waals surface area contributed by atoms with Gasteiger partial charge in [0.1, 0.15) is 0 Å². The van der Waals surface area contributed by atoms with E-state index in [1.165, 1.54) is 0 Å². The fourth-order valence-electron chi connectivity index (χ4n) is 3.61. The van der Waals surface area contributed by atoms with Crippen molar-refractivity contribution in [3.8, 4) is 0 Å². The summed E-state index contributed by atoms with van der Waals surface area (Å²) in [7, 11) is 0. The quantitative estimate of drug-likeness (QED) is 0.851. The molecule has 1 saturated carbocycles. The van der Waals surface area contributed by atoms with Gasteiger partial charge < -0.3 is 24.9 Å². The summed E-state index contributed by atoms with van der Waals surface area (Å²) in [5.41, 5.74) is 1.10.